The quantitative estimate of drug-likeness (QED) is 0.135. The van der Waals surface area contributed by atoms with Gasteiger partial charge in [-0.05, 0) is 48.6 Å². The zero-order chi connectivity index (χ0) is 38.5. The topological polar surface area (TPSA) is 111 Å². The van der Waals surface area contributed by atoms with Crippen molar-refractivity contribution >= 4 is 12.1 Å². The molecule has 4 unspecified atom stereocenters. The number of ether oxygens (including phenoxy) is 7. The fraction of sp³-hybridized carbons (Fsp3) is 0.378. The van der Waals surface area contributed by atoms with Crippen LogP contribution in [0.15, 0.2) is 115 Å². The molecule has 2 aliphatic heterocycles. The van der Waals surface area contributed by atoms with Crippen LogP contribution in [0.3, 0.4) is 0 Å². The standard InChI is InChI=1S/C45H49NO9/c1-45(2,3)55-44(48)46-37-24-15-25-38-40(50-26-32-16-7-4-8-17-32)42(52-28-34-20-11-6-12-21-34)41(51-27-33-18-9-5-10-19-33)39(54-38)31-49-29-35-22-13-14-23-36(35)30-53-43(37)47/h4-14,16-23,37-42H,24,26-31H2,1-3H3,(H,46,48)/t37?,38-,39?,40?,41+,42?/m0/s1. The van der Waals surface area contributed by atoms with E-state index in [2.05, 4.69) is 17.2 Å². The van der Waals surface area contributed by atoms with Crippen molar-refractivity contribution in [1.29, 1.82) is 0 Å². The van der Waals surface area contributed by atoms with Crippen molar-refractivity contribution in [2.24, 2.45) is 0 Å². The zero-order valence-electron chi connectivity index (χ0n) is 31.6. The molecule has 1 amide bonds. The molecule has 2 heterocycles. The predicted molar refractivity (Wildman–Crippen MR) is 205 cm³/mol. The molecule has 0 spiro atoms. The number of esters is 1. The van der Waals surface area contributed by atoms with Crippen molar-refractivity contribution in [2.45, 2.75) is 102 Å². The molecule has 2 bridgehead atoms. The number of benzene rings is 4. The molecule has 4 aromatic rings. The first-order valence-corrected chi connectivity index (χ1v) is 18.6. The minimum Gasteiger partial charge on any atom is -0.459 e. The first kappa shape index (κ1) is 39.7. The van der Waals surface area contributed by atoms with Crippen LogP contribution >= 0.6 is 0 Å². The summed E-state index contributed by atoms with van der Waals surface area (Å²) in [6.07, 6.45) is -4.28. The van der Waals surface area contributed by atoms with Crippen LogP contribution in [-0.2, 0) is 71.0 Å². The highest BCUT2D eigenvalue weighted by Gasteiger charge is 2.48. The van der Waals surface area contributed by atoms with Gasteiger partial charge in [0.25, 0.3) is 0 Å². The van der Waals surface area contributed by atoms with Crippen LogP contribution in [0.1, 0.15) is 55.0 Å². The normalized spacial score (nSPS) is 23.1. The highest BCUT2D eigenvalue weighted by Crippen LogP contribution is 2.31. The molecule has 0 aliphatic carbocycles. The first-order chi connectivity index (χ1) is 26.7. The molecule has 4 aromatic carbocycles. The third-order valence-corrected chi connectivity index (χ3v) is 9.04. The third-order valence-electron chi connectivity index (χ3n) is 9.04. The summed E-state index contributed by atoms with van der Waals surface area (Å²) in [6.45, 7) is 6.46. The van der Waals surface area contributed by atoms with E-state index in [0.717, 1.165) is 27.8 Å². The number of carbonyl (C=O) groups excluding carboxylic acids is 2. The Kier molecular flexibility index (Phi) is 14.1. The van der Waals surface area contributed by atoms with Gasteiger partial charge in [0.1, 0.15) is 48.8 Å². The van der Waals surface area contributed by atoms with E-state index in [4.69, 9.17) is 33.2 Å². The number of rotatable bonds is 10. The molecule has 0 radical (unpaired) electrons. The van der Waals surface area contributed by atoms with Crippen molar-refractivity contribution < 1.29 is 42.7 Å². The van der Waals surface area contributed by atoms with Gasteiger partial charge in [0.15, 0.2) is 0 Å². The van der Waals surface area contributed by atoms with E-state index >= 15 is 0 Å². The van der Waals surface area contributed by atoms with Crippen LogP contribution in [0, 0.1) is 11.8 Å². The van der Waals surface area contributed by atoms with Crippen molar-refractivity contribution in [3.05, 3.63) is 143 Å². The Morgan fingerprint density at radius 2 is 1.22 bits per heavy atom. The van der Waals surface area contributed by atoms with Crippen LogP contribution in [-0.4, -0.2) is 60.8 Å². The molecule has 1 N–H and O–H groups in total. The van der Waals surface area contributed by atoms with E-state index in [1.165, 1.54) is 0 Å². The summed E-state index contributed by atoms with van der Waals surface area (Å²) in [5, 5.41) is 2.66. The summed E-state index contributed by atoms with van der Waals surface area (Å²) in [7, 11) is 0. The van der Waals surface area contributed by atoms with Gasteiger partial charge in [-0.25, -0.2) is 9.59 Å². The monoisotopic (exact) mass is 747 g/mol. The van der Waals surface area contributed by atoms with Crippen LogP contribution in [0.4, 0.5) is 4.79 Å². The first-order valence-electron chi connectivity index (χ1n) is 18.6. The molecule has 10 nitrogen and oxygen atoms in total. The van der Waals surface area contributed by atoms with Crippen molar-refractivity contribution in [3.63, 3.8) is 0 Å². The average molecular weight is 748 g/mol. The summed E-state index contributed by atoms with van der Waals surface area (Å²) in [5.41, 5.74) is 3.77. The van der Waals surface area contributed by atoms with E-state index in [1.54, 1.807) is 20.8 Å². The number of cyclic esters (lactones) is 1. The zero-order valence-corrected chi connectivity index (χ0v) is 31.6. The lowest BCUT2D eigenvalue weighted by Crippen LogP contribution is -2.60. The largest absolute Gasteiger partial charge is 0.459 e. The lowest BCUT2D eigenvalue weighted by molar-refractivity contribution is -0.261. The molecular formula is C45H49NO9. The number of hydrogen-bond acceptors (Lipinski definition) is 9. The van der Waals surface area contributed by atoms with E-state index in [1.807, 2.05) is 115 Å². The molecule has 1 fully saturated rings. The number of fused-ring (bicyclic) bond motifs is 3. The Bertz CT molecular complexity index is 1870. The van der Waals surface area contributed by atoms with Crippen molar-refractivity contribution in [1.82, 2.24) is 5.32 Å². The number of carbonyl (C=O) groups is 2. The minimum atomic E-state index is -1.12. The van der Waals surface area contributed by atoms with Crippen LogP contribution in [0.2, 0.25) is 0 Å². The Balaban J connectivity index is 1.37. The summed E-state index contributed by atoms with van der Waals surface area (Å²) in [5.74, 6) is 5.69. The fourth-order valence-corrected chi connectivity index (χ4v) is 6.32. The van der Waals surface area contributed by atoms with Gasteiger partial charge in [-0.15, -0.1) is 0 Å². The number of amides is 1. The van der Waals surface area contributed by atoms with Gasteiger partial charge in [0.2, 0.25) is 0 Å². The Hall–Kier alpha value is -5.02. The molecular weight excluding hydrogens is 698 g/mol. The highest BCUT2D eigenvalue weighted by atomic mass is 16.6. The van der Waals surface area contributed by atoms with E-state index in [0.29, 0.717) is 6.61 Å². The summed E-state index contributed by atoms with van der Waals surface area (Å²) >= 11 is 0. The predicted octanol–water partition coefficient (Wildman–Crippen LogP) is 7.07. The molecule has 2 aliphatic rings. The molecule has 288 valence electrons. The number of alkyl carbamates (subject to hydrolysis) is 1. The van der Waals surface area contributed by atoms with Gasteiger partial charge in [-0.2, -0.15) is 0 Å². The number of nitrogens with one attached hydrogen (secondary N) is 1. The molecule has 6 rings (SSSR count). The Morgan fingerprint density at radius 1 is 0.709 bits per heavy atom. The molecule has 1 saturated heterocycles. The van der Waals surface area contributed by atoms with Crippen LogP contribution in [0.5, 0.6) is 0 Å². The Morgan fingerprint density at radius 3 is 1.78 bits per heavy atom. The van der Waals surface area contributed by atoms with Gasteiger partial charge in [0, 0.05) is 6.42 Å². The summed E-state index contributed by atoms with van der Waals surface area (Å²) < 4.78 is 44.6. The van der Waals surface area contributed by atoms with E-state index < -0.39 is 54.2 Å². The second-order valence-corrected chi connectivity index (χ2v) is 14.5. The van der Waals surface area contributed by atoms with Gasteiger partial charge in [-0.3, -0.25) is 0 Å². The lowest BCUT2D eigenvalue weighted by Gasteiger charge is -2.45. The third kappa shape index (κ3) is 12.0. The fourth-order valence-electron chi connectivity index (χ4n) is 6.32. The van der Waals surface area contributed by atoms with Gasteiger partial charge in [-0.1, -0.05) is 127 Å². The van der Waals surface area contributed by atoms with Gasteiger partial charge >= 0.3 is 12.1 Å². The average Bonchev–Trinajstić information content (AvgIpc) is 3.18. The van der Waals surface area contributed by atoms with Gasteiger partial charge < -0.3 is 38.5 Å². The molecule has 6 atom stereocenters. The number of hydrogen-bond donors (Lipinski definition) is 1. The molecule has 10 heteroatoms. The molecule has 0 saturated carbocycles. The maximum atomic E-state index is 13.5. The summed E-state index contributed by atoms with van der Waals surface area (Å²) in [4.78, 5) is 26.4. The van der Waals surface area contributed by atoms with Crippen LogP contribution < -0.4 is 5.32 Å². The SMILES string of the molecule is CC(C)(C)OC(=O)NC1CC#C[C@@H]2OC(COCc3ccccc3COC1=O)[C@@H](OCc1ccccc1)C(OCc1ccccc1)C2OCc1ccccc1. The van der Waals surface area contributed by atoms with E-state index in [-0.39, 0.29) is 39.5 Å². The smallest absolute Gasteiger partial charge is 0.408 e. The maximum Gasteiger partial charge on any atom is 0.408 e. The minimum absolute atomic E-state index is 0.0194. The summed E-state index contributed by atoms with van der Waals surface area (Å²) in [6, 6.07) is 36.1. The Labute approximate surface area is 323 Å². The second kappa shape index (κ2) is 19.5. The maximum absolute atomic E-state index is 13.5. The van der Waals surface area contributed by atoms with Crippen molar-refractivity contribution in [3.8, 4) is 11.8 Å². The van der Waals surface area contributed by atoms with Gasteiger partial charge in [0.05, 0.1) is 33.0 Å². The van der Waals surface area contributed by atoms with Crippen molar-refractivity contribution in [2.75, 3.05) is 6.61 Å². The van der Waals surface area contributed by atoms with E-state index in [9.17, 15) is 9.59 Å². The lowest BCUT2D eigenvalue weighted by atomic mass is 9.94. The second-order valence-electron chi connectivity index (χ2n) is 14.5. The van der Waals surface area contributed by atoms with Crippen LogP contribution in [0.25, 0.3) is 0 Å². The molecule has 0 aromatic heterocycles. The molecule has 55 heavy (non-hydrogen) atoms. The highest BCUT2D eigenvalue weighted by molar-refractivity contribution is 5.81.